The zero-order valence-electron chi connectivity index (χ0n) is 11.0. The average Bonchev–Trinajstić information content (AvgIpc) is 2.46. The van der Waals surface area contributed by atoms with Crippen molar-refractivity contribution in [2.24, 2.45) is 12.5 Å². The van der Waals surface area contributed by atoms with Gasteiger partial charge in [-0.15, -0.1) is 0 Å². The molecule has 0 fully saturated rings. The first-order valence-corrected chi connectivity index (χ1v) is 5.51. The summed E-state index contributed by atoms with van der Waals surface area (Å²) in [6.45, 7) is 6.26. The summed E-state index contributed by atoms with van der Waals surface area (Å²) in [5.41, 5.74) is -0.0752. The number of carbonyl (C=O) groups excluding carboxylic acids is 1. The van der Waals surface area contributed by atoms with Crippen LogP contribution in [0.4, 0.5) is 0 Å². The van der Waals surface area contributed by atoms with E-state index in [0.29, 0.717) is 12.1 Å². The molecule has 0 bridgehead atoms. The Morgan fingerprint density at radius 3 is 2.47 bits per heavy atom. The van der Waals surface area contributed by atoms with Gasteiger partial charge in [-0.2, -0.15) is 0 Å². The lowest BCUT2D eigenvalue weighted by Gasteiger charge is -2.21. The molecule has 96 valence electrons. The number of aromatic nitrogens is 2. The Morgan fingerprint density at radius 1 is 1.47 bits per heavy atom. The van der Waals surface area contributed by atoms with Crippen LogP contribution in [-0.4, -0.2) is 23.1 Å². The van der Waals surface area contributed by atoms with Crippen molar-refractivity contribution in [3.63, 3.8) is 0 Å². The first kappa shape index (κ1) is 13.5. The van der Waals surface area contributed by atoms with Crippen LogP contribution >= 0.6 is 0 Å². The Morgan fingerprint density at radius 2 is 2.06 bits per heavy atom. The summed E-state index contributed by atoms with van der Waals surface area (Å²) in [4.78, 5) is 24.7. The summed E-state index contributed by atoms with van der Waals surface area (Å²) < 4.78 is 6.10. The fraction of sp³-hybridized carbons (Fsp3) is 0.727. The van der Waals surface area contributed by atoms with E-state index in [0.717, 1.165) is 0 Å². The molecule has 0 spiro atoms. The van der Waals surface area contributed by atoms with E-state index in [2.05, 4.69) is 9.79 Å². The van der Waals surface area contributed by atoms with Crippen LogP contribution in [-0.2, 0) is 18.4 Å². The maximum atomic E-state index is 11.9. The molecular formula is C11H20N3O3+. The summed E-state index contributed by atoms with van der Waals surface area (Å²) >= 11 is 0. The van der Waals surface area contributed by atoms with Crippen LogP contribution < -0.4 is 10.3 Å². The van der Waals surface area contributed by atoms with Crippen LogP contribution in [0.1, 0.15) is 32.9 Å². The van der Waals surface area contributed by atoms with Crippen LogP contribution in [0.15, 0.2) is 9.32 Å². The van der Waals surface area contributed by atoms with Crippen molar-refractivity contribution in [1.29, 1.82) is 0 Å². The number of rotatable bonds is 3. The molecule has 0 saturated carbocycles. The summed E-state index contributed by atoms with van der Waals surface area (Å²) in [7, 11) is 3.35. The third-order valence-corrected chi connectivity index (χ3v) is 2.41. The molecule has 6 nitrogen and oxygen atoms in total. The molecule has 1 rings (SSSR count). The lowest BCUT2D eigenvalue weighted by molar-refractivity contribution is -0.746. The molecule has 0 atom stereocenters. The molecule has 0 aromatic carbocycles. The van der Waals surface area contributed by atoms with Crippen molar-refractivity contribution in [2.45, 2.75) is 33.7 Å². The molecule has 17 heavy (non-hydrogen) atoms. The third kappa shape index (κ3) is 3.72. The van der Waals surface area contributed by atoms with Crippen molar-refractivity contribution < 1.29 is 14.0 Å². The number of hydrogen-bond donors (Lipinski definition) is 1. The number of carbonyl (C=O) groups is 1. The van der Waals surface area contributed by atoms with Crippen molar-refractivity contribution in [3.8, 4) is 0 Å². The Labute approximate surface area is 100 Å². The number of amides is 1. The summed E-state index contributed by atoms with van der Waals surface area (Å²) in [5.74, 6) is 0.0121. The standard InChI is InChI=1S/C11H19N3O3/c1-11(2,3)6-9(15)13(4)7-8-10(16)17-12-14(8)5/h6-7H2,1-5H3/p+1. The first-order chi connectivity index (χ1) is 7.70. The van der Waals surface area contributed by atoms with Crippen LogP contribution in [0.2, 0.25) is 0 Å². The highest BCUT2D eigenvalue weighted by atomic mass is 16.5. The fourth-order valence-corrected chi connectivity index (χ4v) is 1.43. The van der Waals surface area contributed by atoms with Gasteiger partial charge < -0.3 is 4.90 Å². The predicted octanol–water partition coefficient (Wildman–Crippen LogP) is 0.187. The van der Waals surface area contributed by atoms with Crippen molar-refractivity contribution in [3.05, 3.63) is 16.1 Å². The van der Waals surface area contributed by atoms with E-state index in [1.807, 2.05) is 20.8 Å². The maximum Gasteiger partial charge on any atom is 0.431 e. The first-order valence-electron chi connectivity index (χ1n) is 5.51. The Kier molecular flexibility index (Phi) is 3.75. The van der Waals surface area contributed by atoms with Gasteiger partial charge in [-0.3, -0.25) is 9.32 Å². The SMILES string of the molecule is CN(Cc1c(=O)o[nH][n+]1C)C(=O)CC(C)(C)C. The van der Waals surface area contributed by atoms with Gasteiger partial charge in [0.25, 0.3) is 0 Å². The largest absolute Gasteiger partial charge is 0.431 e. The second-order valence-electron chi connectivity index (χ2n) is 5.47. The van der Waals surface area contributed by atoms with E-state index in [9.17, 15) is 9.59 Å². The molecule has 0 saturated heterocycles. The average molecular weight is 242 g/mol. The Bertz CT molecular complexity index is 453. The molecule has 1 aromatic heterocycles. The minimum absolute atomic E-state index is 0.0121. The number of aryl methyl sites for hydroxylation is 1. The van der Waals surface area contributed by atoms with Crippen LogP contribution in [0.25, 0.3) is 0 Å². The molecule has 1 amide bonds. The second-order valence-corrected chi connectivity index (χ2v) is 5.47. The molecule has 1 aromatic rings. The third-order valence-electron chi connectivity index (χ3n) is 2.41. The van der Waals surface area contributed by atoms with Crippen molar-refractivity contribution >= 4 is 5.91 Å². The molecule has 0 radical (unpaired) electrons. The molecule has 1 heterocycles. The topological polar surface area (TPSA) is 70.2 Å². The van der Waals surface area contributed by atoms with E-state index in [1.54, 1.807) is 14.1 Å². The molecule has 6 heteroatoms. The second kappa shape index (κ2) is 4.73. The number of nitrogens with zero attached hydrogens (tertiary/aromatic N) is 2. The summed E-state index contributed by atoms with van der Waals surface area (Å²) in [5, 5.41) is 2.42. The van der Waals surface area contributed by atoms with Gasteiger partial charge in [-0.25, -0.2) is 4.79 Å². The number of H-pyrrole nitrogens is 1. The summed E-state index contributed by atoms with van der Waals surface area (Å²) in [6.07, 6.45) is 0.447. The molecule has 0 aliphatic heterocycles. The van der Waals surface area contributed by atoms with E-state index >= 15 is 0 Å². The molecule has 0 unspecified atom stereocenters. The van der Waals surface area contributed by atoms with Crippen molar-refractivity contribution in [2.75, 3.05) is 7.05 Å². The van der Waals surface area contributed by atoms with E-state index < -0.39 is 5.63 Å². The van der Waals surface area contributed by atoms with Gasteiger partial charge in [-0.05, 0) is 10.7 Å². The molecular weight excluding hydrogens is 222 g/mol. The van der Waals surface area contributed by atoms with Crippen molar-refractivity contribution in [1.82, 2.24) is 10.2 Å². The lowest BCUT2D eigenvalue weighted by atomic mass is 9.92. The quantitative estimate of drug-likeness (QED) is 0.769. The van der Waals surface area contributed by atoms with Gasteiger partial charge in [0, 0.05) is 13.5 Å². The smallest absolute Gasteiger partial charge is 0.335 e. The van der Waals surface area contributed by atoms with Gasteiger partial charge in [-0.1, -0.05) is 25.5 Å². The molecule has 0 aliphatic rings. The monoisotopic (exact) mass is 242 g/mol. The van der Waals surface area contributed by atoms with Gasteiger partial charge in [0.2, 0.25) is 5.91 Å². The minimum atomic E-state index is -0.442. The van der Waals surface area contributed by atoms with Crippen LogP contribution in [0, 0.1) is 5.41 Å². The highest BCUT2D eigenvalue weighted by Gasteiger charge is 2.24. The fourth-order valence-electron chi connectivity index (χ4n) is 1.43. The number of hydrogen-bond acceptors (Lipinski definition) is 3. The van der Waals surface area contributed by atoms with E-state index in [1.165, 1.54) is 9.58 Å². The van der Waals surface area contributed by atoms with Gasteiger partial charge >= 0.3 is 11.3 Å². The number of nitrogens with one attached hydrogen (secondary N) is 1. The Hall–Kier alpha value is -1.59. The lowest BCUT2D eigenvalue weighted by Crippen LogP contribution is -2.41. The Balaban J connectivity index is 2.70. The van der Waals surface area contributed by atoms with Gasteiger partial charge in [0.05, 0.1) is 0 Å². The van der Waals surface area contributed by atoms with Gasteiger partial charge in [0.15, 0.2) is 7.05 Å². The predicted molar refractivity (Wildman–Crippen MR) is 61.1 cm³/mol. The van der Waals surface area contributed by atoms with Crippen LogP contribution in [0.5, 0.6) is 0 Å². The van der Waals surface area contributed by atoms with Crippen LogP contribution in [0.3, 0.4) is 0 Å². The summed E-state index contributed by atoms with van der Waals surface area (Å²) in [6, 6.07) is 0. The molecule has 1 N–H and O–H groups in total. The normalized spacial score (nSPS) is 11.6. The van der Waals surface area contributed by atoms with E-state index in [-0.39, 0.29) is 17.9 Å². The van der Waals surface area contributed by atoms with Gasteiger partial charge in [0.1, 0.15) is 6.54 Å². The zero-order valence-corrected chi connectivity index (χ0v) is 11.0. The number of aromatic amines is 1. The highest BCUT2D eigenvalue weighted by molar-refractivity contribution is 5.76. The molecule has 0 aliphatic carbocycles. The van der Waals surface area contributed by atoms with E-state index in [4.69, 9.17) is 0 Å². The zero-order chi connectivity index (χ0) is 13.2. The minimum Gasteiger partial charge on any atom is -0.335 e. The highest BCUT2D eigenvalue weighted by Crippen LogP contribution is 2.19. The maximum absolute atomic E-state index is 11.9.